The molecule has 0 aliphatic carbocycles. The predicted molar refractivity (Wildman–Crippen MR) is 95.3 cm³/mol. The summed E-state index contributed by atoms with van der Waals surface area (Å²) in [6.07, 6.45) is 7.83. The van der Waals surface area contributed by atoms with Gasteiger partial charge in [-0.25, -0.2) is 4.79 Å². The molecule has 0 radical (unpaired) electrons. The minimum Gasteiger partial charge on any atom is -0.299 e. The van der Waals surface area contributed by atoms with Gasteiger partial charge >= 0.3 is 5.69 Å². The first-order valence-electron chi connectivity index (χ1n) is 9.28. The van der Waals surface area contributed by atoms with Crippen molar-refractivity contribution in [3.8, 4) is 0 Å². The fourth-order valence-electron chi connectivity index (χ4n) is 4.09. The Kier molecular flexibility index (Phi) is 5.56. The van der Waals surface area contributed by atoms with Crippen LogP contribution in [0.4, 0.5) is 0 Å². The van der Waals surface area contributed by atoms with Gasteiger partial charge in [0.2, 0.25) is 0 Å². The van der Waals surface area contributed by atoms with Gasteiger partial charge in [0.05, 0.1) is 0 Å². The number of likely N-dealkylation sites (tertiary alicyclic amines) is 2. The van der Waals surface area contributed by atoms with Crippen LogP contribution in [0.1, 0.15) is 44.2 Å². The van der Waals surface area contributed by atoms with Crippen LogP contribution in [0.25, 0.3) is 0 Å². The summed E-state index contributed by atoms with van der Waals surface area (Å²) < 4.78 is 2.77. The molecule has 3 rings (SSSR count). The van der Waals surface area contributed by atoms with Crippen LogP contribution >= 0.6 is 0 Å². The number of aromatic nitrogens is 2. The van der Waals surface area contributed by atoms with Gasteiger partial charge in [-0.15, -0.1) is 0 Å². The molecular weight excluding hydrogens is 304 g/mol. The number of piperidine rings is 1. The highest BCUT2D eigenvalue weighted by Crippen LogP contribution is 2.20. The zero-order valence-electron chi connectivity index (χ0n) is 15.0. The van der Waals surface area contributed by atoms with Gasteiger partial charge in [-0.1, -0.05) is 12.8 Å². The second kappa shape index (κ2) is 7.66. The van der Waals surface area contributed by atoms with E-state index >= 15 is 0 Å². The maximum atomic E-state index is 12.1. The van der Waals surface area contributed by atoms with E-state index in [1.165, 1.54) is 63.2 Å². The molecule has 1 atom stereocenters. The Labute approximate surface area is 143 Å². The third-order valence-electron chi connectivity index (χ3n) is 5.65. The van der Waals surface area contributed by atoms with Gasteiger partial charge in [0.15, 0.2) is 0 Å². The lowest BCUT2D eigenvalue weighted by Gasteiger charge is -2.39. The predicted octanol–water partition coefficient (Wildman–Crippen LogP) is 0.924. The molecule has 0 bridgehead atoms. The average molecular weight is 334 g/mol. The van der Waals surface area contributed by atoms with Crippen molar-refractivity contribution in [1.82, 2.24) is 18.9 Å². The molecule has 0 N–H and O–H groups in total. The third-order valence-corrected chi connectivity index (χ3v) is 5.65. The molecule has 0 saturated carbocycles. The minimum atomic E-state index is -0.237. The molecule has 2 aliphatic heterocycles. The molecule has 2 aliphatic rings. The third kappa shape index (κ3) is 3.81. The molecule has 6 heteroatoms. The van der Waals surface area contributed by atoms with E-state index in [1.807, 2.05) is 0 Å². The zero-order valence-corrected chi connectivity index (χ0v) is 15.0. The highest BCUT2D eigenvalue weighted by atomic mass is 16.2. The summed E-state index contributed by atoms with van der Waals surface area (Å²) in [5.74, 6) is 0. The Morgan fingerprint density at radius 1 is 0.958 bits per heavy atom. The lowest BCUT2D eigenvalue weighted by Crippen LogP contribution is -2.48. The van der Waals surface area contributed by atoms with E-state index in [2.05, 4.69) is 9.80 Å². The number of hydrogen-bond donors (Lipinski definition) is 0. The highest BCUT2D eigenvalue weighted by molar-refractivity contribution is 5.02. The normalized spacial score (nSPS) is 24.0. The van der Waals surface area contributed by atoms with Crippen LogP contribution < -0.4 is 11.2 Å². The molecule has 0 unspecified atom stereocenters. The molecule has 134 valence electrons. The second-order valence-corrected chi connectivity index (χ2v) is 7.36. The topological polar surface area (TPSA) is 50.5 Å². The fourth-order valence-corrected chi connectivity index (χ4v) is 4.09. The molecule has 24 heavy (non-hydrogen) atoms. The molecule has 6 nitrogen and oxygen atoms in total. The van der Waals surface area contributed by atoms with Gasteiger partial charge in [0.25, 0.3) is 5.56 Å². The Morgan fingerprint density at radius 3 is 2.38 bits per heavy atom. The van der Waals surface area contributed by atoms with E-state index in [9.17, 15) is 9.59 Å². The smallest absolute Gasteiger partial charge is 0.299 e. The molecule has 3 heterocycles. The average Bonchev–Trinajstić information content (AvgIpc) is 2.87. The van der Waals surface area contributed by atoms with Crippen molar-refractivity contribution in [3.05, 3.63) is 32.6 Å². The van der Waals surface area contributed by atoms with E-state index in [4.69, 9.17) is 0 Å². The van der Waals surface area contributed by atoms with Crippen molar-refractivity contribution in [2.24, 2.45) is 14.1 Å². The summed E-state index contributed by atoms with van der Waals surface area (Å²) in [6, 6.07) is 2.23. The quantitative estimate of drug-likeness (QED) is 0.825. The summed E-state index contributed by atoms with van der Waals surface area (Å²) in [6.45, 7) is 5.23. The standard InChI is InChI=1S/C18H30N4O2/c1-19-16(12-17(23)20(2)18(19)24)14-21-9-7-8-15(13-21)22-10-5-3-4-6-11-22/h12,15H,3-11,13-14H2,1-2H3/t15-/m1/s1. The zero-order chi connectivity index (χ0) is 17.1. The monoisotopic (exact) mass is 334 g/mol. The van der Waals surface area contributed by atoms with E-state index in [1.54, 1.807) is 17.7 Å². The molecule has 0 amide bonds. The first-order chi connectivity index (χ1) is 11.6. The van der Waals surface area contributed by atoms with Crippen molar-refractivity contribution >= 4 is 0 Å². The number of rotatable bonds is 3. The second-order valence-electron chi connectivity index (χ2n) is 7.36. The van der Waals surface area contributed by atoms with Crippen molar-refractivity contribution in [2.75, 3.05) is 26.2 Å². The summed E-state index contributed by atoms with van der Waals surface area (Å²) in [7, 11) is 3.29. The Bertz CT molecular complexity index is 671. The van der Waals surface area contributed by atoms with Crippen LogP contribution in [0.5, 0.6) is 0 Å². The number of hydrogen-bond acceptors (Lipinski definition) is 4. The van der Waals surface area contributed by atoms with Crippen LogP contribution in [0.3, 0.4) is 0 Å². The van der Waals surface area contributed by atoms with E-state index in [0.717, 1.165) is 18.8 Å². The fraction of sp³-hybridized carbons (Fsp3) is 0.778. The van der Waals surface area contributed by atoms with Crippen molar-refractivity contribution in [3.63, 3.8) is 0 Å². The van der Waals surface area contributed by atoms with E-state index in [0.29, 0.717) is 12.6 Å². The molecule has 0 aromatic carbocycles. The van der Waals surface area contributed by atoms with Crippen molar-refractivity contribution < 1.29 is 0 Å². The highest BCUT2D eigenvalue weighted by Gasteiger charge is 2.26. The lowest BCUT2D eigenvalue weighted by atomic mass is 10.0. The van der Waals surface area contributed by atoms with Gasteiger partial charge in [0.1, 0.15) is 0 Å². The van der Waals surface area contributed by atoms with Crippen molar-refractivity contribution in [2.45, 2.75) is 51.1 Å². The molecule has 2 fully saturated rings. The van der Waals surface area contributed by atoms with Gasteiger partial charge in [-0.3, -0.25) is 23.7 Å². The van der Waals surface area contributed by atoms with Gasteiger partial charge in [0, 0.05) is 45.0 Å². The molecular formula is C18H30N4O2. The molecule has 1 aromatic heterocycles. The Morgan fingerprint density at radius 2 is 1.67 bits per heavy atom. The van der Waals surface area contributed by atoms with Crippen molar-refractivity contribution in [1.29, 1.82) is 0 Å². The van der Waals surface area contributed by atoms with Gasteiger partial charge < -0.3 is 0 Å². The first kappa shape index (κ1) is 17.4. The van der Waals surface area contributed by atoms with Crippen LogP contribution in [0.15, 0.2) is 15.7 Å². The van der Waals surface area contributed by atoms with Crippen LogP contribution in [-0.2, 0) is 20.6 Å². The van der Waals surface area contributed by atoms with E-state index in [-0.39, 0.29) is 11.2 Å². The van der Waals surface area contributed by atoms with Crippen LogP contribution in [-0.4, -0.2) is 51.2 Å². The van der Waals surface area contributed by atoms with Gasteiger partial charge in [-0.2, -0.15) is 0 Å². The molecule has 2 saturated heterocycles. The largest absolute Gasteiger partial charge is 0.330 e. The maximum absolute atomic E-state index is 12.1. The van der Waals surface area contributed by atoms with E-state index < -0.39 is 0 Å². The van der Waals surface area contributed by atoms with Crippen LogP contribution in [0, 0.1) is 0 Å². The Balaban J connectivity index is 1.69. The lowest BCUT2D eigenvalue weighted by molar-refractivity contribution is 0.0940. The molecule has 1 aromatic rings. The Hall–Kier alpha value is -1.40. The summed E-state index contributed by atoms with van der Waals surface area (Å²) in [5.41, 5.74) is 0.368. The summed E-state index contributed by atoms with van der Waals surface area (Å²) in [4.78, 5) is 29.1. The summed E-state index contributed by atoms with van der Waals surface area (Å²) in [5, 5.41) is 0. The SMILES string of the molecule is Cn1c(CN2CCC[C@@H](N3CCCCCC3)C2)cc(=O)n(C)c1=O. The van der Waals surface area contributed by atoms with Gasteiger partial charge in [-0.05, 0) is 45.3 Å². The first-order valence-corrected chi connectivity index (χ1v) is 9.28. The number of nitrogens with zero attached hydrogens (tertiary/aromatic N) is 4. The molecule has 0 spiro atoms. The maximum Gasteiger partial charge on any atom is 0.330 e. The minimum absolute atomic E-state index is 0.214. The summed E-state index contributed by atoms with van der Waals surface area (Å²) >= 11 is 0. The van der Waals surface area contributed by atoms with Crippen LogP contribution in [0.2, 0.25) is 0 Å².